The molecule has 0 N–H and O–H groups in total. The molecule has 0 saturated heterocycles. The second kappa shape index (κ2) is 18.5. The fraction of sp³-hybridized carbons (Fsp3) is 0. The Morgan fingerprint density at radius 1 is 0.232 bits per heavy atom. The Balaban J connectivity index is 0.866. The van der Waals surface area contributed by atoms with Crippen LogP contribution in [0.2, 0.25) is 0 Å². The Labute approximate surface area is 477 Å². The number of rotatable bonds is 8. The number of benzene rings is 14. The Hall–Kier alpha value is -10.5. The van der Waals surface area contributed by atoms with Crippen LogP contribution in [-0.4, -0.2) is 9.13 Å². The van der Waals surface area contributed by atoms with E-state index < -0.39 is 0 Å². The van der Waals surface area contributed by atoms with Crippen LogP contribution in [0.15, 0.2) is 297 Å². The monoisotopic (exact) mass is 1060 g/mol. The minimum atomic E-state index is 1.11. The van der Waals surface area contributed by atoms with Crippen molar-refractivity contribution in [3.63, 3.8) is 0 Å². The van der Waals surface area contributed by atoms with E-state index in [1.807, 2.05) is 11.3 Å². The zero-order chi connectivity index (χ0) is 53.8. The van der Waals surface area contributed by atoms with E-state index in [9.17, 15) is 0 Å². The highest BCUT2D eigenvalue weighted by Crippen LogP contribution is 2.47. The summed E-state index contributed by atoms with van der Waals surface area (Å²) in [6.45, 7) is 0. The molecule has 0 amide bonds. The van der Waals surface area contributed by atoms with Crippen molar-refractivity contribution in [1.82, 2.24) is 9.13 Å². The van der Waals surface area contributed by atoms with Crippen molar-refractivity contribution in [3.8, 4) is 44.8 Å². The van der Waals surface area contributed by atoms with Crippen LogP contribution in [-0.2, 0) is 0 Å². The van der Waals surface area contributed by atoms with Gasteiger partial charge in [-0.25, -0.2) is 0 Å². The van der Waals surface area contributed by atoms with Crippen LogP contribution in [0, 0.1) is 0 Å². The number of aromatic nitrogens is 2. The zero-order valence-electron chi connectivity index (χ0n) is 44.5. The molecule has 82 heavy (non-hydrogen) atoms. The predicted octanol–water partition coefficient (Wildman–Crippen LogP) is 22.2. The van der Waals surface area contributed by atoms with Gasteiger partial charge in [-0.1, -0.05) is 194 Å². The maximum atomic E-state index is 2.49. The molecule has 0 bridgehead atoms. The Kier molecular flexibility index (Phi) is 10.5. The van der Waals surface area contributed by atoms with Gasteiger partial charge in [0.2, 0.25) is 0 Å². The van der Waals surface area contributed by atoms with E-state index in [0.717, 1.165) is 44.9 Å². The first kappa shape index (κ1) is 46.4. The quantitative estimate of drug-likeness (QED) is 0.138. The third kappa shape index (κ3) is 7.29. The van der Waals surface area contributed by atoms with Crippen LogP contribution < -0.4 is 4.90 Å². The normalized spacial score (nSPS) is 11.9. The fourth-order valence-electron chi connectivity index (χ4n) is 13.3. The maximum absolute atomic E-state index is 2.49. The van der Waals surface area contributed by atoms with Crippen LogP contribution in [0.5, 0.6) is 0 Å². The Morgan fingerprint density at radius 3 is 1.16 bits per heavy atom. The third-order valence-electron chi connectivity index (χ3n) is 17.1. The predicted molar refractivity (Wildman–Crippen MR) is 352 cm³/mol. The molecule has 3 heterocycles. The van der Waals surface area contributed by atoms with Gasteiger partial charge in [0.15, 0.2) is 0 Å². The number of hydrogen-bond donors (Lipinski definition) is 0. The number of fused-ring (bicyclic) bond motifs is 15. The summed E-state index contributed by atoms with van der Waals surface area (Å²) < 4.78 is 7.54. The average molecular weight is 1060 g/mol. The van der Waals surface area contributed by atoms with Gasteiger partial charge in [-0.05, 0) is 169 Å². The molecule has 17 rings (SSSR count). The SMILES string of the molecule is c1ccc(-c2ccc3c(c2)c2cc(-c4ccccc4)ccc2n3-c2ccc3c(c2)c2cc(-c4ccc(N(c5ccccc5)c5cccc6c5sc5ccccc56)cc4)ccc2n3-c2ccc3c4ccccc4c4ccccc4c3c2)cc1. The van der Waals surface area contributed by atoms with Crippen molar-refractivity contribution in [3.05, 3.63) is 297 Å². The number of para-hydroxylation sites is 1. The van der Waals surface area contributed by atoms with E-state index >= 15 is 0 Å². The van der Waals surface area contributed by atoms with Gasteiger partial charge >= 0.3 is 0 Å². The smallest absolute Gasteiger partial charge is 0.0640 e. The highest BCUT2D eigenvalue weighted by Gasteiger charge is 2.22. The lowest BCUT2D eigenvalue weighted by Gasteiger charge is -2.26. The summed E-state index contributed by atoms with van der Waals surface area (Å²) in [5.41, 5.74) is 17.4. The summed E-state index contributed by atoms with van der Waals surface area (Å²) in [7, 11) is 0. The molecule has 3 aromatic heterocycles. The first-order chi connectivity index (χ1) is 40.7. The van der Waals surface area contributed by atoms with Gasteiger partial charge in [-0.2, -0.15) is 0 Å². The van der Waals surface area contributed by atoms with Gasteiger partial charge in [0.25, 0.3) is 0 Å². The summed E-state index contributed by atoms with van der Waals surface area (Å²) in [4.78, 5) is 2.41. The summed E-state index contributed by atoms with van der Waals surface area (Å²) in [5, 5.41) is 15.0. The van der Waals surface area contributed by atoms with Crippen LogP contribution in [0.4, 0.5) is 17.1 Å². The summed E-state index contributed by atoms with van der Waals surface area (Å²) >= 11 is 1.86. The van der Waals surface area contributed by atoms with Gasteiger partial charge in [-0.3, -0.25) is 0 Å². The van der Waals surface area contributed by atoms with Gasteiger partial charge in [0.05, 0.1) is 32.5 Å². The van der Waals surface area contributed by atoms with Gasteiger partial charge in [0, 0.05) is 59.8 Å². The lowest BCUT2D eigenvalue weighted by Crippen LogP contribution is -2.09. The molecule has 0 fully saturated rings. The molecular weight excluding hydrogens is 1010 g/mol. The molecule has 0 aliphatic carbocycles. The maximum Gasteiger partial charge on any atom is 0.0640 e. The minimum Gasteiger partial charge on any atom is -0.309 e. The van der Waals surface area contributed by atoms with Crippen molar-refractivity contribution in [2.45, 2.75) is 0 Å². The topological polar surface area (TPSA) is 13.1 Å². The molecular formula is C78H49N3S. The van der Waals surface area contributed by atoms with Crippen LogP contribution in [0.3, 0.4) is 0 Å². The Bertz CT molecular complexity index is 5250. The third-order valence-corrected chi connectivity index (χ3v) is 18.3. The zero-order valence-corrected chi connectivity index (χ0v) is 45.4. The molecule has 17 aromatic rings. The van der Waals surface area contributed by atoms with Crippen molar-refractivity contribution in [2.24, 2.45) is 0 Å². The highest BCUT2D eigenvalue weighted by molar-refractivity contribution is 7.26. The molecule has 3 nitrogen and oxygen atoms in total. The van der Waals surface area contributed by atoms with Crippen molar-refractivity contribution >= 4 is 125 Å². The molecule has 382 valence electrons. The molecule has 14 aromatic carbocycles. The van der Waals surface area contributed by atoms with Gasteiger partial charge < -0.3 is 14.0 Å². The number of nitrogens with zero attached hydrogens (tertiary/aromatic N) is 3. The van der Waals surface area contributed by atoms with Gasteiger partial charge in [-0.15, -0.1) is 11.3 Å². The summed E-state index contributed by atoms with van der Waals surface area (Å²) in [6.07, 6.45) is 0. The van der Waals surface area contributed by atoms with E-state index in [0.29, 0.717) is 0 Å². The Morgan fingerprint density at radius 2 is 0.610 bits per heavy atom. The molecule has 4 heteroatoms. The van der Waals surface area contributed by atoms with Crippen molar-refractivity contribution < 1.29 is 0 Å². The van der Waals surface area contributed by atoms with E-state index in [-0.39, 0.29) is 0 Å². The second-order valence-electron chi connectivity index (χ2n) is 21.6. The summed E-state index contributed by atoms with van der Waals surface area (Å²) in [6, 6.07) is 110. The number of thiophene rings is 1. The second-order valence-corrected chi connectivity index (χ2v) is 22.6. The first-order valence-electron chi connectivity index (χ1n) is 28.1. The van der Waals surface area contributed by atoms with E-state index in [1.165, 1.54) is 113 Å². The standard InChI is InChI=1S/C78H49N3S/c1-4-17-50(18-5-1)53-33-41-72-68(45-53)69-46-54(51-19-6-2-7-20-51)34-42-73(69)81(72)59-39-44-75-71(49-59)70-47-55(35-43-74(70)80(75)58-38-40-64-62-25-11-10-23-60(62)61-24-12-13-26-63(61)67(64)48-58)52-31-36-57(37-32-52)79(56-21-8-3-9-22-56)76-29-16-28-66-65-27-14-15-30-77(65)82-78(66)76/h1-49H. The average Bonchev–Trinajstić information content (AvgIpc) is 2.60. The number of hydrogen-bond acceptors (Lipinski definition) is 2. The first-order valence-corrected chi connectivity index (χ1v) is 29.0. The van der Waals surface area contributed by atoms with E-state index in [4.69, 9.17) is 0 Å². The van der Waals surface area contributed by atoms with Gasteiger partial charge in [0.1, 0.15) is 0 Å². The van der Waals surface area contributed by atoms with E-state index in [2.05, 4.69) is 311 Å². The van der Waals surface area contributed by atoms with E-state index in [1.54, 1.807) is 0 Å². The molecule has 0 unspecified atom stereocenters. The fourth-order valence-corrected chi connectivity index (χ4v) is 14.5. The largest absolute Gasteiger partial charge is 0.309 e. The van der Waals surface area contributed by atoms with Crippen LogP contribution >= 0.6 is 11.3 Å². The van der Waals surface area contributed by atoms with Crippen molar-refractivity contribution in [2.75, 3.05) is 4.90 Å². The molecule has 0 saturated carbocycles. The molecule has 0 aliphatic rings. The van der Waals surface area contributed by atoms with Crippen molar-refractivity contribution in [1.29, 1.82) is 0 Å². The highest BCUT2D eigenvalue weighted by atomic mass is 32.1. The van der Waals surface area contributed by atoms with Crippen LogP contribution in [0.25, 0.3) is 141 Å². The minimum absolute atomic E-state index is 1.11. The summed E-state index contributed by atoms with van der Waals surface area (Å²) in [5.74, 6) is 0. The molecule has 0 atom stereocenters. The van der Waals surface area contributed by atoms with Crippen LogP contribution in [0.1, 0.15) is 0 Å². The number of anilines is 3. The molecule has 0 radical (unpaired) electrons. The lowest BCUT2D eigenvalue weighted by atomic mass is 9.94. The lowest BCUT2D eigenvalue weighted by molar-refractivity contribution is 1.17. The molecule has 0 spiro atoms. The molecule has 0 aliphatic heterocycles.